The number of hydrogen-bond donors (Lipinski definition) is 1. The zero-order valence-corrected chi connectivity index (χ0v) is 16.9. The van der Waals surface area contributed by atoms with Gasteiger partial charge in [0.05, 0.1) is 29.1 Å². The van der Waals surface area contributed by atoms with Crippen molar-refractivity contribution in [2.75, 3.05) is 13.1 Å². The summed E-state index contributed by atoms with van der Waals surface area (Å²) in [5, 5.41) is 11.3. The van der Waals surface area contributed by atoms with Crippen LogP contribution in [-0.4, -0.2) is 34.0 Å². The summed E-state index contributed by atoms with van der Waals surface area (Å²) in [5.41, 5.74) is 1.46. The SMILES string of the molecule is CCCN(CC(O)c1cncc(Br)c1)C(=O)Cc1ccc(Cl)c(Cl)c1. The Hall–Kier alpha value is -1.14. The number of pyridine rings is 1. The Balaban J connectivity index is 2.07. The molecule has 0 spiro atoms. The minimum Gasteiger partial charge on any atom is -0.386 e. The predicted molar refractivity (Wildman–Crippen MR) is 104 cm³/mol. The number of nitrogens with zero attached hydrogens (tertiary/aromatic N) is 2. The molecule has 25 heavy (non-hydrogen) atoms. The number of benzene rings is 1. The molecule has 1 N–H and O–H groups in total. The van der Waals surface area contributed by atoms with Crippen LogP contribution >= 0.6 is 39.1 Å². The predicted octanol–water partition coefficient (Wildman–Crippen LogP) is 4.67. The third-order valence-corrected chi connectivity index (χ3v) is 4.86. The molecule has 7 heteroatoms. The number of hydrogen-bond acceptors (Lipinski definition) is 3. The van der Waals surface area contributed by atoms with Gasteiger partial charge in [-0.05, 0) is 46.1 Å². The largest absolute Gasteiger partial charge is 0.386 e. The van der Waals surface area contributed by atoms with Crippen LogP contribution in [0, 0.1) is 0 Å². The maximum atomic E-state index is 12.6. The standard InChI is InChI=1S/C18H19BrCl2N2O2/c1-2-5-23(11-17(24)13-8-14(19)10-22-9-13)18(25)7-12-3-4-15(20)16(21)6-12/h3-4,6,8-10,17,24H,2,5,7,11H2,1H3. The van der Waals surface area contributed by atoms with Crippen molar-refractivity contribution in [3.05, 3.63) is 62.3 Å². The van der Waals surface area contributed by atoms with Crippen molar-refractivity contribution in [2.24, 2.45) is 0 Å². The van der Waals surface area contributed by atoms with E-state index in [0.717, 1.165) is 16.5 Å². The minimum atomic E-state index is -0.797. The Morgan fingerprint density at radius 3 is 2.68 bits per heavy atom. The van der Waals surface area contributed by atoms with Crippen molar-refractivity contribution >= 4 is 45.0 Å². The zero-order valence-electron chi connectivity index (χ0n) is 13.8. The van der Waals surface area contributed by atoms with Gasteiger partial charge in [-0.1, -0.05) is 36.2 Å². The first-order chi connectivity index (χ1) is 11.9. The van der Waals surface area contributed by atoms with Crippen molar-refractivity contribution in [1.82, 2.24) is 9.88 Å². The Kier molecular flexibility index (Phi) is 7.69. The van der Waals surface area contributed by atoms with Crippen LogP contribution in [0.3, 0.4) is 0 Å². The van der Waals surface area contributed by atoms with Gasteiger partial charge in [-0.2, -0.15) is 0 Å². The molecule has 0 saturated heterocycles. The number of aromatic nitrogens is 1. The van der Waals surface area contributed by atoms with E-state index in [1.807, 2.05) is 6.92 Å². The van der Waals surface area contributed by atoms with Crippen LogP contribution in [0.5, 0.6) is 0 Å². The van der Waals surface area contributed by atoms with E-state index < -0.39 is 6.10 Å². The number of rotatable bonds is 7. The van der Waals surface area contributed by atoms with Gasteiger partial charge in [-0.25, -0.2) is 0 Å². The molecule has 1 aromatic carbocycles. The van der Waals surface area contributed by atoms with Gasteiger partial charge < -0.3 is 10.0 Å². The third kappa shape index (κ3) is 5.96. The molecule has 2 aromatic rings. The van der Waals surface area contributed by atoms with Gasteiger partial charge in [0.15, 0.2) is 0 Å². The van der Waals surface area contributed by atoms with Gasteiger partial charge in [-0.3, -0.25) is 9.78 Å². The average molecular weight is 446 g/mol. The van der Waals surface area contributed by atoms with Gasteiger partial charge in [-0.15, -0.1) is 0 Å². The number of halogens is 3. The smallest absolute Gasteiger partial charge is 0.227 e. The highest BCUT2D eigenvalue weighted by Gasteiger charge is 2.19. The molecule has 1 heterocycles. The maximum absolute atomic E-state index is 12.6. The van der Waals surface area contributed by atoms with Crippen molar-refractivity contribution in [3.8, 4) is 0 Å². The molecule has 0 radical (unpaired) electrons. The molecule has 0 aliphatic carbocycles. The second-order valence-corrected chi connectivity index (χ2v) is 7.45. The Morgan fingerprint density at radius 1 is 1.28 bits per heavy atom. The minimum absolute atomic E-state index is 0.0674. The highest BCUT2D eigenvalue weighted by Crippen LogP contribution is 2.23. The number of carbonyl (C=O) groups is 1. The fourth-order valence-corrected chi connectivity index (χ4v) is 3.15. The molecule has 0 saturated carbocycles. The molecule has 1 amide bonds. The van der Waals surface area contributed by atoms with Gasteiger partial charge >= 0.3 is 0 Å². The van der Waals surface area contributed by atoms with Gasteiger partial charge in [0, 0.05) is 29.0 Å². The Morgan fingerprint density at radius 2 is 2.04 bits per heavy atom. The van der Waals surface area contributed by atoms with E-state index in [9.17, 15) is 9.90 Å². The highest BCUT2D eigenvalue weighted by molar-refractivity contribution is 9.10. The second-order valence-electron chi connectivity index (χ2n) is 5.72. The van der Waals surface area contributed by atoms with Crippen LogP contribution in [0.25, 0.3) is 0 Å². The molecular formula is C18H19BrCl2N2O2. The van der Waals surface area contributed by atoms with Crippen molar-refractivity contribution in [3.63, 3.8) is 0 Å². The van der Waals surface area contributed by atoms with E-state index in [-0.39, 0.29) is 18.9 Å². The van der Waals surface area contributed by atoms with E-state index in [1.165, 1.54) is 0 Å². The summed E-state index contributed by atoms with van der Waals surface area (Å²) in [7, 11) is 0. The summed E-state index contributed by atoms with van der Waals surface area (Å²) >= 11 is 15.3. The molecule has 0 aliphatic heterocycles. The Bertz CT molecular complexity index is 743. The third-order valence-electron chi connectivity index (χ3n) is 3.69. The molecule has 1 unspecified atom stereocenters. The van der Waals surface area contributed by atoms with Crippen LogP contribution in [0.15, 0.2) is 41.1 Å². The van der Waals surface area contributed by atoms with E-state index in [2.05, 4.69) is 20.9 Å². The lowest BCUT2D eigenvalue weighted by Crippen LogP contribution is -2.36. The molecule has 4 nitrogen and oxygen atoms in total. The summed E-state index contributed by atoms with van der Waals surface area (Å²) < 4.78 is 0.785. The summed E-state index contributed by atoms with van der Waals surface area (Å²) in [6.45, 7) is 2.78. The van der Waals surface area contributed by atoms with Gasteiger partial charge in [0.2, 0.25) is 5.91 Å². The first kappa shape index (κ1) is 20.2. The summed E-state index contributed by atoms with van der Waals surface area (Å²) in [5.74, 6) is -0.0674. The first-order valence-corrected chi connectivity index (χ1v) is 9.45. The summed E-state index contributed by atoms with van der Waals surface area (Å²) in [6, 6.07) is 6.95. The molecular weight excluding hydrogens is 427 g/mol. The van der Waals surface area contributed by atoms with E-state index in [4.69, 9.17) is 23.2 Å². The molecule has 0 bridgehead atoms. The topological polar surface area (TPSA) is 53.4 Å². The van der Waals surface area contributed by atoms with Crippen LogP contribution in [0.2, 0.25) is 10.0 Å². The van der Waals surface area contributed by atoms with E-state index in [1.54, 1.807) is 41.6 Å². The highest BCUT2D eigenvalue weighted by atomic mass is 79.9. The van der Waals surface area contributed by atoms with Gasteiger partial charge in [0.1, 0.15) is 0 Å². The Labute approximate surface area is 165 Å². The average Bonchev–Trinajstić information content (AvgIpc) is 2.57. The lowest BCUT2D eigenvalue weighted by Gasteiger charge is -2.25. The first-order valence-electron chi connectivity index (χ1n) is 7.91. The van der Waals surface area contributed by atoms with Crippen molar-refractivity contribution in [2.45, 2.75) is 25.9 Å². The number of amides is 1. The molecule has 2 rings (SSSR count). The van der Waals surface area contributed by atoms with Gasteiger partial charge in [0.25, 0.3) is 0 Å². The fourth-order valence-electron chi connectivity index (χ4n) is 2.45. The van der Waals surface area contributed by atoms with Crippen LogP contribution in [0.1, 0.15) is 30.6 Å². The number of carbonyl (C=O) groups excluding carboxylic acids is 1. The summed E-state index contributed by atoms with van der Waals surface area (Å²) in [6.07, 6.45) is 3.46. The normalized spacial score (nSPS) is 12.0. The monoisotopic (exact) mass is 444 g/mol. The van der Waals surface area contributed by atoms with E-state index in [0.29, 0.717) is 22.2 Å². The van der Waals surface area contributed by atoms with E-state index >= 15 is 0 Å². The molecule has 0 fully saturated rings. The quantitative estimate of drug-likeness (QED) is 0.673. The maximum Gasteiger partial charge on any atom is 0.227 e. The number of aliphatic hydroxyl groups excluding tert-OH is 1. The zero-order chi connectivity index (χ0) is 18.4. The molecule has 0 aliphatic rings. The van der Waals surface area contributed by atoms with Crippen LogP contribution < -0.4 is 0 Å². The lowest BCUT2D eigenvalue weighted by molar-refractivity contribution is -0.132. The van der Waals surface area contributed by atoms with Crippen LogP contribution in [-0.2, 0) is 11.2 Å². The molecule has 1 aromatic heterocycles. The molecule has 134 valence electrons. The lowest BCUT2D eigenvalue weighted by atomic mass is 10.1. The van der Waals surface area contributed by atoms with Crippen LogP contribution in [0.4, 0.5) is 0 Å². The fraction of sp³-hybridized carbons (Fsp3) is 0.333. The van der Waals surface area contributed by atoms with Crippen molar-refractivity contribution < 1.29 is 9.90 Å². The molecule has 1 atom stereocenters. The second kappa shape index (κ2) is 9.53. The van der Waals surface area contributed by atoms with Crippen molar-refractivity contribution in [1.29, 1.82) is 0 Å². The number of aliphatic hydroxyl groups is 1. The summed E-state index contributed by atoms with van der Waals surface area (Å²) in [4.78, 5) is 18.4.